The molecule has 0 aliphatic carbocycles. The smallest absolute Gasteiger partial charge is 0.349 e. The minimum atomic E-state index is -1.08. The van der Waals surface area contributed by atoms with Crippen LogP contribution in [0.4, 0.5) is 5.69 Å². The van der Waals surface area contributed by atoms with E-state index in [0.29, 0.717) is 37.3 Å². The normalized spacial score (nSPS) is 12.0. The highest BCUT2D eigenvalue weighted by Gasteiger charge is 2.24. The van der Waals surface area contributed by atoms with Crippen LogP contribution in [0.15, 0.2) is 23.0 Å². The summed E-state index contributed by atoms with van der Waals surface area (Å²) in [5.74, 6) is -0.798. The van der Waals surface area contributed by atoms with Gasteiger partial charge in [0.05, 0.1) is 5.39 Å². The zero-order chi connectivity index (χ0) is 20.6. The number of aromatic nitrogens is 2. The molecule has 1 unspecified atom stereocenters. The first-order valence-corrected chi connectivity index (χ1v) is 9.71. The average molecular weight is 440 g/mol. The maximum absolute atomic E-state index is 12.5. The summed E-state index contributed by atoms with van der Waals surface area (Å²) in [4.78, 5) is 44.5. The van der Waals surface area contributed by atoms with E-state index in [-0.39, 0.29) is 10.4 Å². The van der Waals surface area contributed by atoms with Gasteiger partial charge >= 0.3 is 5.97 Å². The molecule has 0 aliphatic heterocycles. The molecule has 28 heavy (non-hydrogen) atoms. The molecule has 10 heteroatoms. The molecule has 0 aliphatic rings. The number of ether oxygens (including phenoxy) is 1. The van der Waals surface area contributed by atoms with Crippen molar-refractivity contribution in [3.63, 3.8) is 0 Å². The van der Waals surface area contributed by atoms with Crippen LogP contribution in [0.1, 0.15) is 28.0 Å². The number of hydrogen-bond donors (Lipinski definition) is 2. The molecule has 2 N–H and O–H groups in total. The molecule has 0 fully saturated rings. The number of thiophene rings is 1. The van der Waals surface area contributed by atoms with E-state index in [1.807, 2.05) is 0 Å². The molecule has 0 spiro atoms. The average Bonchev–Trinajstić information content (AvgIpc) is 2.90. The first kappa shape index (κ1) is 20.3. The summed E-state index contributed by atoms with van der Waals surface area (Å²) >= 11 is 12.9. The number of anilines is 1. The van der Waals surface area contributed by atoms with Crippen LogP contribution in [0.5, 0.6) is 0 Å². The SMILES string of the molecule is Cc1nc2sc(C(=O)OC(C)C(=O)Nc3cc(Cl)cc(Cl)c3)c(C)c2c(=O)[nH]1. The predicted molar refractivity (Wildman–Crippen MR) is 110 cm³/mol. The third-order valence-corrected chi connectivity index (χ3v) is 5.49. The van der Waals surface area contributed by atoms with Gasteiger partial charge in [0.2, 0.25) is 0 Å². The minimum Gasteiger partial charge on any atom is -0.448 e. The molecule has 7 nitrogen and oxygen atoms in total. The second-order valence-electron chi connectivity index (χ2n) is 6.08. The van der Waals surface area contributed by atoms with E-state index in [1.54, 1.807) is 13.8 Å². The van der Waals surface area contributed by atoms with E-state index in [4.69, 9.17) is 27.9 Å². The Labute approximate surface area is 173 Å². The molecule has 146 valence electrons. The van der Waals surface area contributed by atoms with Gasteiger partial charge < -0.3 is 15.0 Å². The van der Waals surface area contributed by atoms with Gasteiger partial charge in [-0.25, -0.2) is 9.78 Å². The van der Waals surface area contributed by atoms with Crippen molar-refractivity contribution in [1.82, 2.24) is 9.97 Å². The molecule has 0 bridgehead atoms. The van der Waals surface area contributed by atoms with E-state index in [9.17, 15) is 14.4 Å². The highest BCUT2D eigenvalue weighted by atomic mass is 35.5. The maximum atomic E-state index is 12.5. The quantitative estimate of drug-likeness (QED) is 0.595. The largest absolute Gasteiger partial charge is 0.448 e. The third-order valence-electron chi connectivity index (χ3n) is 3.89. The summed E-state index contributed by atoms with van der Waals surface area (Å²) in [6.45, 7) is 4.74. The van der Waals surface area contributed by atoms with Crippen LogP contribution >= 0.6 is 34.5 Å². The van der Waals surface area contributed by atoms with Gasteiger partial charge in [0, 0.05) is 15.7 Å². The molecule has 1 atom stereocenters. The van der Waals surface area contributed by atoms with Crippen LogP contribution in [0.3, 0.4) is 0 Å². The monoisotopic (exact) mass is 439 g/mol. The van der Waals surface area contributed by atoms with E-state index < -0.39 is 18.0 Å². The van der Waals surface area contributed by atoms with Crippen LogP contribution in [-0.4, -0.2) is 27.9 Å². The van der Waals surface area contributed by atoms with Crippen LogP contribution in [0.25, 0.3) is 10.2 Å². The number of nitrogens with one attached hydrogen (secondary N) is 2. The minimum absolute atomic E-state index is 0.226. The number of benzene rings is 1. The number of aromatic amines is 1. The number of hydrogen-bond acceptors (Lipinski definition) is 6. The lowest BCUT2D eigenvalue weighted by molar-refractivity contribution is -0.123. The molecule has 3 aromatic rings. The highest BCUT2D eigenvalue weighted by Crippen LogP contribution is 2.28. The van der Waals surface area contributed by atoms with Gasteiger partial charge in [-0.05, 0) is 44.5 Å². The first-order valence-electron chi connectivity index (χ1n) is 8.13. The molecule has 1 aromatic carbocycles. The van der Waals surface area contributed by atoms with Crippen molar-refractivity contribution < 1.29 is 14.3 Å². The van der Waals surface area contributed by atoms with Crippen molar-refractivity contribution in [2.45, 2.75) is 26.9 Å². The van der Waals surface area contributed by atoms with Gasteiger partial charge in [0.25, 0.3) is 11.5 Å². The Hall–Kier alpha value is -2.42. The van der Waals surface area contributed by atoms with Gasteiger partial charge in [-0.3, -0.25) is 9.59 Å². The number of carbonyl (C=O) groups is 2. The zero-order valence-corrected chi connectivity index (χ0v) is 17.4. The van der Waals surface area contributed by atoms with Crippen molar-refractivity contribution in [3.05, 3.63) is 54.9 Å². The van der Waals surface area contributed by atoms with Crippen molar-refractivity contribution in [2.75, 3.05) is 5.32 Å². The Morgan fingerprint density at radius 2 is 1.86 bits per heavy atom. The van der Waals surface area contributed by atoms with Gasteiger partial charge in [-0.2, -0.15) is 0 Å². The van der Waals surface area contributed by atoms with Crippen molar-refractivity contribution in [1.29, 1.82) is 0 Å². The first-order chi connectivity index (χ1) is 13.2. The maximum Gasteiger partial charge on any atom is 0.349 e. The molecule has 2 heterocycles. The van der Waals surface area contributed by atoms with Gasteiger partial charge in [-0.1, -0.05) is 23.2 Å². The third kappa shape index (κ3) is 4.19. The number of amides is 1. The summed E-state index contributed by atoms with van der Waals surface area (Å²) in [6, 6.07) is 4.58. The molecular formula is C18H15Cl2N3O4S. The summed E-state index contributed by atoms with van der Waals surface area (Å²) < 4.78 is 5.26. The standard InChI is InChI=1S/C18H15Cl2N3O4S/c1-7-13-16(25)21-9(3)22-17(13)28-14(7)18(26)27-8(2)15(24)23-12-5-10(19)4-11(20)6-12/h4-6,8H,1-3H3,(H,23,24)(H,21,22,25). The van der Waals surface area contributed by atoms with Crippen LogP contribution in [0, 0.1) is 13.8 Å². The molecule has 0 saturated carbocycles. The lowest BCUT2D eigenvalue weighted by Crippen LogP contribution is -2.30. The molecular weight excluding hydrogens is 425 g/mol. The predicted octanol–water partition coefficient (Wildman–Crippen LogP) is 4.09. The fourth-order valence-electron chi connectivity index (χ4n) is 2.58. The Morgan fingerprint density at radius 1 is 1.21 bits per heavy atom. The summed E-state index contributed by atoms with van der Waals surface area (Å²) in [5, 5.41) is 3.65. The summed E-state index contributed by atoms with van der Waals surface area (Å²) in [6.07, 6.45) is -1.08. The van der Waals surface area contributed by atoms with E-state index in [1.165, 1.54) is 25.1 Å². The Bertz CT molecular complexity index is 1140. The molecule has 2 aromatic heterocycles. The van der Waals surface area contributed by atoms with E-state index >= 15 is 0 Å². The van der Waals surface area contributed by atoms with Gasteiger partial charge in [0.1, 0.15) is 15.5 Å². The second-order valence-corrected chi connectivity index (χ2v) is 7.95. The Morgan fingerprint density at radius 3 is 2.50 bits per heavy atom. The van der Waals surface area contributed by atoms with Crippen molar-refractivity contribution in [2.24, 2.45) is 0 Å². The highest BCUT2D eigenvalue weighted by molar-refractivity contribution is 7.20. The van der Waals surface area contributed by atoms with Gasteiger partial charge in [-0.15, -0.1) is 11.3 Å². The van der Waals surface area contributed by atoms with E-state index in [2.05, 4.69) is 15.3 Å². The zero-order valence-electron chi connectivity index (χ0n) is 15.1. The number of rotatable bonds is 4. The number of H-pyrrole nitrogens is 1. The van der Waals surface area contributed by atoms with Crippen molar-refractivity contribution >= 4 is 62.3 Å². The molecule has 1 amide bonds. The van der Waals surface area contributed by atoms with Crippen molar-refractivity contribution in [3.8, 4) is 0 Å². The molecule has 3 rings (SSSR count). The number of aryl methyl sites for hydroxylation is 2. The number of carbonyl (C=O) groups excluding carboxylic acids is 2. The number of fused-ring (bicyclic) bond motifs is 1. The van der Waals surface area contributed by atoms with Crippen LogP contribution in [-0.2, 0) is 9.53 Å². The fraction of sp³-hybridized carbons (Fsp3) is 0.222. The lowest BCUT2D eigenvalue weighted by atomic mass is 10.2. The number of esters is 1. The van der Waals surface area contributed by atoms with E-state index in [0.717, 1.165) is 11.3 Å². The molecule has 0 saturated heterocycles. The number of halogens is 2. The summed E-state index contributed by atoms with van der Waals surface area (Å²) in [7, 11) is 0. The fourth-order valence-corrected chi connectivity index (χ4v) is 4.22. The second kappa shape index (κ2) is 7.90. The van der Waals surface area contributed by atoms with Gasteiger partial charge in [0.15, 0.2) is 6.10 Å². The Balaban J connectivity index is 1.78. The lowest BCUT2D eigenvalue weighted by Gasteiger charge is -2.13. The number of nitrogens with zero attached hydrogens (tertiary/aromatic N) is 1. The summed E-state index contributed by atoms with van der Waals surface area (Å²) in [5.41, 5.74) is 0.529. The van der Waals surface area contributed by atoms with Crippen LogP contribution < -0.4 is 10.9 Å². The topological polar surface area (TPSA) is 101 Å². The Kier molecular flexibility index (Phi) is 5.74. The molecule has 0 radical (unpaired) electrons. The van der Waals surface area contributed by atoms with Crippen LogP contribution in [0.2, 0.25) is 10.0 Å².